The van der Waals surface area contributed by atoms with E-state index >= 15 is 0 Å². The number of carbonyl (C=O) groups excluding carboxylic acids is 1. The van der Waals surface area contributed by atoms with E-state index in [2.05, 4.69) is 15.0 Å². The first-order valence-corrected chi connectivity index (χ1v) is 10.9. The van der Waals surface area contributed by atoms with Crippen LogP contribution in [0.4, 0.5) is 22.0 Å². The molecule has 1 aliphatic heterocycles. The maximum atomic E-state index is 14.6. The zero-order chi connectivity index (χ0) is 26.8. The lowest BCUT2D eigenvalue weighted by Gasteiger charge is -2.37. The van der Waals surface area contributed by atoms with Gasteiger partial charge in [0.1, 0.15) is 11.3 Å². The number of likely N-dealkylation sites (tertiary alicyclic amines) is 1. The smallest absolute Gasteiger partial charge is 0.475 e. The maximum Gasteiger partial charge on any atom is 0.490 e. The molecule has 1 amide bonds. The number of nitrogens with zero attached hydrogens (tertiary/aromatic N) is 3. The number of carbonyl (C=O) groups is 2. The van der Waals surface area contributed by atoms with E-state index in [9.17, 15) is 26.7 Å². The van der Waals surface area contributed by atoms with Gasteiger partial charge in [0.25, 0.3) is 11.8 Å². The molecule has 13 heteroatoms. The molecule has 0 unspecified atom stereocenters. The van der Waals surface area contributed by atoms with Crippen molar-refractivity contribution >= 4 is 33.8 Å². The molecule has 0 bridgehead atoms. The molecule has 0 spiro atoms. The number of para-hydroxylation sites is 1. The molecular weight excluding hydrogens is 503 g/mol. The Morgan fingerprint density at radius 2 is 1.78 bits per heavy atom. The summed E-state index contributed by atoms with van der Waals surface area (Å²) in [5, 5.41) is 8.81. The lowest BCUT2D eigenvalue weighted by molar-refractivity contribution is -0.192. The molecule has 1 saturated heterocycles. The number of pyridine rings is 2. The van der Waals surface area contributed by atoms with Gasteiger partial charge in [-0.1, -0.05) is 18.2 Å². The summed E-state index contributed by atoms with van der Waals surface area (Å²) in [7, 11) is 0. The first kappa shape index (κ1) is 25.8. The normalized spacial score (nSPS) is 17.2. The van der Waals surface area contributed by atoms with Crippen molar-refractivity contribution < 1.29 is 41.4 Å². The molecule has 4 aromatic rings. The van der Waals surface area contributed by atoms with Crippen LogP contribution >= 0.6 is 0 Å². The number of rotatable bonds is 3. The molecule has 1 atom stereocenters. The molecule has 0 saturated carbocycles. The summed E-state index contributed by atoms with van der Waals surface area (Å²) in [6, 6.07) is 16.0. The lowest BCUT2D eigenvalue weighted by Crippen LogP contribution is -2.55. The number of alkyl halides is 5. The Kier molecular flexibility index (Phi) is 6.96. The molecule has 1 aliphatic rings. The highest BCUT2D eigenvalue weighted by atomic mass is 19.4. The fourth-order valence-electron chi connectivity index (χ4n) is 3.68. The van der Waals surface area contributed by atoms with Crippen LogP contribution in [0, 0.1) is 0 Å². The summed E-state index contributed by atoms with van der Waals surface area (Å²) in [5.74, 6) is -6.06. The third-order valence-corrected chi connectivity index (χ3v) is 5.56. The van der Waals surface area contributed by atoms with E-state index in [0.717, 1.165) is 10.8 Å². The van der Waals surface area contributed by atoms with Crippen LogP contribution in [0.3, 0.4) is 0 Å². The second-order valence-corrected chi connectivity index (χ2v) is 8.14. The van der Waals surface area contributed by atoms with Crippen molar-refractivity contribution in [3.63, 3.8) is 0 Å². The third-order valence-electron chi connectivity index (χ3n) is 5.56. The number of nitrogens with one attached hydrogen (secondary N) is 1. The van der Waals surface area contributed by atoms with Crippen LogP contribution in [0.2, 0.25) is 0 Å². The molecule has 1 fully saturated rings. The second kappa shape index (κ2) is 9.99. The minimum atomic E-state index is -5.08. The standard InChI is InChI=1S/C22H18F2N4O2.C2HF3O2/c23-22(24)9-11-28(21(29)17-12-15-5-3-10-25-20(15)27-17)13-18(22)30-19-8-7-14-4-1-2-6-16(14)26-19;3-2(4,5)1(6)7/h1-8,10,12,18H,9,11,13H2,(H,25,27);(H,6,7)/t18-;/m0./s1. The Hall–Kier alpha value is -4.29. The number of carboxylic acids is 1. The average Bonchev–Trinajstić information content (AvgIpc) is 3.29. The van der Waals surface area contributed by atoms with Gasteiger partial charge in [-0.3, -0.25) is 4.79 Å². The maximum absolute atomic E-state index is 14.6. The monoisotopic (exact) mass is 522 g/mol. The zero-order valence-corrected chi connectivity index (χ0v) is 18.9. The van der Waals surface area contributed by atoms with Crippen molar-refractivity contribution in [1.82, 2.24) is 19.9 Å². The summed E-state index contributed by atoms with van der Waals surface area (Å²) >= 11 is 0. The summed E-state index contributed by atoms with van der Waals surface area (Å²) < 4.78 is 66.4. The molecule has 37 heavy (non-hydrogen) atoms. The number of benzene rings is 1. The van der Waals surface area contributed by atoms with Crippen molar-refractivity contribution in [2.24, 2.45) is 0 Å². The molecule has 3 aromatic heterocycles. The Bertz CT molecular complexity index is 1410. The number of fused-ring (bicyclic) bond motifs is 2. The number of hydrogen-bond acceptors (Lipinski definition) is 5. The van der Waals surface area contributed by atoms with Gasteiger partial charge in [-0.05, 0) is 30.3 Å². The Morgan fingerprint density at radius 1 is 1.08 bits per heavy atom. The van der Waals surface area contributed by atoms with Gasteiger partial charge in [-0.15, -0.1) is 0 Å². The van der Waals surface area contributed by atoms with Gasteiger partial charge in [0.15, 0.2) is 6.10 Å². The van der Waals surface area contributed by atoms with Gasteiger partial charge in [0, 0.05) is 36.0 Å². The molecular formula is C24H19F5N4O4. The molecule has 4 heterocycles. The van der Waals surface area contributed by atoms with Crippen LogP contribution in [-0.4, -0.2) is 68.1 Å². The minimum Gasteiger partial charge on any atom is -0.475 e. The summed E-state index contributed by atoms with van der Waals surface area (Å²) in [6.07, 6.45) is -5.42. The van der Waals surface area contributed by atoms with E-state index in [-0.39, 0.29) is 24.9 Å². The highest BCUT2D eigenvalue weighted by molar-refractivity contribution is 5.97. The van der Waals surface area contributed by atoms with Crippen molar-refractivity contribution in [3.8, 4) is 5.88 Å². The average molecular weight is 522 g/mol. The highest BCUT2D eigenvalue weighted by Gasteiger charge is 2.47. The van der Waals surface area contributed by atoms with E-state index in [4.69, 9.17) is 14.6 Å². The number of ether oxygens (including phenoxy) is 1. The Morgan fingerprint density at radius 3 is 2.49 bits per heavy atom. The molecule has 2 N–H and O–H groups in total. The number of amides is 1. The van der Waals surface area contributed by atoms with Crippen molar-refractivity contribution in [2.75, 3.05) is 13.1 Å². The molecule has 1 aromatic carbocycles. The molecule has 8 nitrogen and oxygen atoms in total. The van der Waals surface area contributed by atoms with Gasteiger partial charge in [-0.25, -0.2) is 23.5 Å². The topological polar surface area (TPSA) is 108 Å². The fourth-order valence-corrected chi connectivity index (χ4v) is 3.68. The van der Waals surface area contributed by atoms with Gasteiger partial charge >= 0.3 is 12.1 Å². The van der Waals surface area contributed by atoms with Crippen LogP contribution in [-0.2, 0) is 4.79 Å². The van der Waals surface area contributed by atoms with Crippen LogP contribution < -0.4 is 4.74 Å². The van der Waals surface area contributed by atoms with E-state index in [0.29, 0.717) is 16.9 Å². The molecule has 5 rings (SSSR count). The number of aromatic nitrogens is 3. The predicted octanol–water partition coefficient (Wildman–Crippen LogP) is 4.67. The second-order valence-electron chi connectivity index (χ2n) is 8.14. The quantitative estimate of drug-likeness (QED) is 0.379. The molecule has 194 valence electrons. The summed E-state index contributed by atoms with van der Waals surface area (Å²) in [5.41, 5.74) is 1.56. The van der Waals surface area contributed by atoms with Crippen molar-refractivity contribution in [2.45, 2.75) is 24.6 Å². The Labute approximate surface area is 205 Å². The van der Waals surface area contributed by atoms with Gasteiger partial charge in [-0.2, -0.15) is 13.2 Å². The van der Waals surface area contributed by atoms with Crippen molar-refractivity contribution in [3.05, 3.63) is 66.5 Å². The van der Waals surface area contributed by atoms with Crippen molar-refractivity contribution in [1.29, 1.82) is 0 Å². The summed E-state index contributed by atoms with van der Waals surface area (Å²) in [6.45, 7) is -0.289. The van der Waals surface area contributed by atoms with Gasteiger partial charge in [0.05, 0.1) is 12.1 Å². The number of aliphatic carboxylic acids is 1. The predicted molar refractivity (Wildman–Crippen MR) is 121 cm³/mol. The largest absolute Gasteiger partial charge is 0.490 e. The van der Waals surface area contributed by atoms with Gasteiger partial charge < -0.3 is 19.7 Å². The zero-order valence-electron chi connectivity index (χ0n) is 18.9. The van der Waals surface area contributed by atoms with Crippen LogP contribution in [0.15, 0.2) is 60.8 Å². The van der Waals surface area contributed by atoms with E-state index in [1.54, 1.807) is 36.5 Å². The SMILES string of the molecule is O=C(O)C(F)(F)F.O=C(c1cc2cccnc2[nH]1)N1CCC(F)(F)[C@@H](Oc2ccc3ccccc3n2)C1. The number of aromatic amines is 1. The van der Waals surface area contributed by atoms with Crippen LogP contribution in [0.5, 0.6) is 5.88 Å². The van der Waals surface area contributed by atoms with E-state index in [1.807, 2.05) is 24.3 Å². The van der Waals surface area contributed by atoms with E-state index in [1.165, 1.54) is 4.90 Å². The summed E-state index contributed by atoms with van der Waals surface area (Å²) in [4.78, 5) is 34.6. The number of hydrogen-bond donors (Lipinski definition) is 2. The van der Waals surface area contributed by atoms with Gasteiger partial charge in [0.2, 0.25) is 5.88 Å². The first-order chi connectivity index (χ1) is 17.4. The minimum absolute atomic E-state index is 0.0559. The molecule has 0 aliphatic carbocycles. The van der Waals surface area contributed by atoms with Crippen LogP contribution in [0.1, 0.15) is 16.9 Å². The first-order valence-electron chi connectivity index (χ1n) is 10.9. The number of halogens is 5. The Balaban J connectivity index is 0.000000405. The number of piperidine rings is 1. The van der Waals surface area contributed by atoms with E-state index < -0.39 is 30.6 Å². The number of carboxylic acid groups (broad SMARTS) is 1. The number of H-pyrrole nitrogens is 1. The lowest BCUT2D eigenvalue weighted by atomic mass is 10.0. The third kappa shape index (κ3) is 5.93. The van der Waals surface area contributed by atoms with Crippen LogP contribution in [0.25, 0.3) is 21.9 Å². The fraction of sp³-hybridized carbons (Fsp3) is 0.250. The molecule has 0 radical (unpaired) electrons. The highest BCUT2D eigenvalue weighted by Crippen LogP contribution is 2.32.